The monoisotopic (exact) mass is 376 g/mol. The van der Waals surface area contributed by atoms with Crippen molar-refractivity contribution in [3.05, 3.63) is 54.1 Å². The Bertz CT molecular complexity index is 854. The number of ether oxygens (including phenoxy) is 2. The number of nitrogens with one attached hydrogen (secondary N) is 1. The van der Waals surface area contributed by atoms with Crippen molar-refractivity contribution >= 4 is 10.0 Å². The first-order valence-electron chi connectivity index (χ1n) is 8.66. The topological polar surface area (TPSA) is 67.9 Å². The molecule has 1 unspecified atom stereocenters. The Balaban J connectivity index is 2.00. The Morgan fingerprint density at radius 1 is 1.19 bits per heavy atom. The molecule has 0 saturated carbocycles. The molecule has 3 rings (SSSR count). The second-order valence-corrected chi connectivity index (χ2v) is 7.88. The fourth-order valence-corrected chi connectivity index (χ4v) is 4.85. The van der Waals surface area contributed by atoms with Crippen molar-refractivity contribution in [2.45, 2.75) is 17.9 Å². The average Bonchev–Trinajstić information content (AvgIpc) is 2.68. The van der Waals surface area contributed by atoms with Gasteiger partial charge >= 0.3 is 0 Å². The zero-order valence-electron chi connectivity index (χ0n) is 15.0. The molecular formula is C19H24N2O4S. The van der Waals surface area contributed by atoms with Crippen LogP contribution in [0.5, 0.6) is 11.5 Å². The molecule has 1 fully saturated rings. The van der Waals surface area contributed by atoms with Crippen molar-refractivity contribution in [2.75, 3.05) is 33.4 Å². The van der Waals surface area contributed by atoms with Crippen LogP contribution in [0.1, 0.15) is 18.5 Å². The van der Waals surface area contributed by atoms with E-state index in [1.54, 1.807) is 35.7 Å². The van der Waals surface area contributed by atoms with Crippen molar-refractivity contribution < 1.29 is 17.9 Å². The predicted molar refractivity (Wildman–Crippen MR) is 100 cm³/mol. The van der Waals surface area contributed by atoms with Crippen LogP contribution < -0.4 is 14.8 Å². The van der Waals surface area contributed by atoms with Crippen LogP contribution in [0.3, 0.4) is 0 Å². The number of sulfonamides is 1. The van der Waals surface area contributed by atoms with Crippen LogP contribution in [-0.2, 0) is 10.0 Å². The van der Waals surface area contributed by atoms with Crippen LogP contribution in [0, 0.1) is 0 Å². The quantitative estimate of drug-likeness (QED) is 0.839. The number of benzene rings is 2. The van der Waals surface area contributed by atoms with Gasteiger partial charge in [0.15, 0.2) is 0 Å². The number of methoxy groups -OCH3 is 1. The van der Waals surface area contributed by atoms with E-state index in [1.165, 1.54) is 0 Å². The minimum Gasteiger partial charge on any atom is -0.496 e. The molecule has 1 aliphatic heterocycles. The Kier molecular flexibility index (Phi) is 5.80. The third kappa shape index (κ3) is 3.70. The summed E-state index contributed by atoms with van der Waals surface area (Å²) in [6.45, 7) is 3.89. The van der Waals surface area contributed by atoms with E-state index in [0.717, 1.165) is 5.56 Å². The van der Waals surface area contributed by atoms with Crippen molar-refractivity contribution in [2.24, 2.45) is 0 Å². The molecule has 0 aliphatic carbocycles. The zero-order valence-corrected chi connectivity index (χ0v) is 15.8. The summed E-state index contributed by atoms with van der Waals surface area (Å²) < 4.78 is 39.1. The molecule has 0 spiro atoms. The standard InChI is InChI=1S/C19H24N2O4S/c1-3-25-15-7-6-8-16(13-15)26(22,23)21-12-11-20-14-18(21)17-9-4-5-10-19(17)24-2/h4-10,13,18,20H,3,11-12,14H2,1-2H3. The molecule has 7 heteroatoms. The van der Waals surface area contributed by atoms with Crippen LogP contribution >= 0.6 is 0 Å². The van der Waals surface area contributed by atoms with E-state index in [9.17, 15) is 8.42 Å². The summed E-state index contributed by atoms with van der Waals surface area (Å²) in [6, 6.07) is 13.9. The summed E-state index contributed by atoms with van der Waals surface area (Å²) in [5.41, 5.74) is 0.853. The van der Waals surface area contributed by atoms with Gasteiger partial charge in [-0.1, -0.05) is 24.3 Å². The molecule has 1 aliphatic rings. The van der Waals surface area contributed by atoms with Gasteiger partial charge in [0.05, 0.1) is 24.7 Å². The highest BCUT2D eigenvalue weighted by Gasteiger charge is 2.35. The molecule has 1 N–H and O–H groups in total. The maximum absolute atomic E-state index is 13.3. The number of para-hydroxylation sites is 1. The summed E-state index contributed by atoms with van der Waals surface area (Å²) in [6.07, 6.45) is 0. The van der Waals surface area contributed by atoms with Crippen LogP contribution in [0.25, 0.3) is 0 Å². The molecule has 0 radical (unpaired) electrons. The van der Waals surface area contributed by atoms with Crippen molar-refractivity contribution in [3.63, 3.8) is 0 Å². The molecule has 1 saturated heterocycles. The first-order valence-corrected chi connectivity index (χ1v) is 10.1. The summed E-state index contributed by atoms with van der Waals surface area (Å²) in [5.74, 6) is 1.24. The fraction of sp³-hybridized carbons (Fsp3) is 0.368. The molecule has 2 aromatic rings. The highest BCUT2D eigenvalue weighted by atomic mass is 32.2. The Morgan fingerprint density at radius 3 is 2.77 bits per heavy atom. The smallest absolute Gasteiger partial charge is 0.243 e. The van der Waals surface area contributed by atoms with Crippen molar-refractivity contribution in [1.82, 2.24) is 9.62 Å². The SMILES string of the molecule is CCOc1cccc(S(=O)(=O)N2CCNCC2c2ccccc2OC)c1. The lowest BCUT2D eigenvalue weighted by Crippen LogP contribution is -2.48. The second kappa shape index (κ2) is 8.07. The minimum atomic E-state index is -3.67. The zero-order chi connectivity index (χ0) is 18.6. The largest absolute Gasteiger partial charge is 0.496 e. The molecular weight excluding hydrogens is 352 g/mol. The molecule has 140 valence electrons. The van der Waals surface area contributed by atoms with E-state index < -0.39 is 10.0 Å². The maximum Gasteiger partial charge on any atom is 0.243 e. The third-order valence-corrected chi connectivity index (χ3v) is 6.32. The predicted octanol–water partition coefficient (Wildman–Crippen LogP) is 2.43. The van der Waals surface area contributed by atoms with Crippen molar-refractivity contribution in [3.8, 4) is 11.5 Å². The molecule has 0 bridgehead atoms. The lowest BCUT2D eigenvalue weighted by Gasteiger charge is -2.36. The highest BCUT2D eigenvalue weighted by Crippen LogP contribution is 2.34. The molecule has 2 aromatic carbocycles. The van der Waals surface area contributed by atoms with Gasteiger partial charge in [-0.25, -0.2) is 8.42 Å². The number of nitrogens with zero attached hydrogens (tertiary/aromatic N) is 1. The summed E-state index contributed by atoms with van der Waals surface area (Å²) >= 11 is 0. The van der Waals surface area contributed by atoms with E-state index in [-0.39, 0.29) is 10.9 Å². The Labute approximate surface area is 154 Å². The molecule has 26 heavy (non-hydrogen) atoms. The van der Waals surface area contributed by atoms with Crippen LogP contribution in [-0.4, -0.2) is 46.1 Å². The average molecular weight is 376 g/mol. The van der Waals surface area contributed by atoms with Gasteiger partial charge in [0, 0.05) is 31.3 Å². The summed E-state index contributed by atoms with van der Waals surface area (Å²) in [7, 11) is -2.07. The normalized spacial score (nSPS) is 18.5. The molecule has 6 nitrogen and oxygen atoms in total. The van der Waals surface area contributed by atoms with Gasteiger partial charge in [-0.2, -0.15) is 4.31 Å². The lowest BCUT2D eigenvalue weighted by atomic mass is 10.0. The Hall–Kier alpha value is -2.09. The van der Waals surface area contributed by atoms with E-state index in [2.05, 4.69) is 5.32 Å². The van der Waals surface area contributed by atoms with Gasteiger partial charge in [0.2, 0.25) is 10.0 Å². The van der Waals surface area contributed by atoms with Crippen LogP contribution in [0.15, 0.2) is 53.4 Å². The third-order valence-electron chi connectivity index (χ3n) is 4.42. The molecule has 0 aromatic heterocycles. The van der Waals surface area contributed by atoms with Crippen LogP contribution in [0.2, 0.25) is 0 Å². The molecule has 1 atom stereocenters. The lowest BCUT2D eigenvalue weighted by molar-refractivity contribution is 0.264. The Morgan fingerprint density at radius 2 is 2.00 bits per heavy atom. The second-order valence-electron chi connectivity index (χ2n) is 5.99. The van der Waals surface area contributed by atoms with Gasteiger partial charge in [-0.05, 0) is 25.1 Å². The minimum absolute atomic E-state index is 0.241. The van der Waals surface area contributed by atoms with Gasteiger partial charge in [-0.15, -0.1) is 0 Å². The van der Waals surface area contributed by atoms with E-state index >= 15 is 0 Å². The fourth-order valence-electron chi connectivity index (χ4n) is 3.21. The number of rotatable bonds is 6. The maximum atomic E-state index is 13.3. The first kappa shape index (κ1) is 18.7. The number of piperazine rings is 1. The molecule has 0 amide bonds. The molecule has 1 heterocycles. The van der Waals surface area contributed by atoms with E-state index in [1.807, 2.05) is 31.2 Å². The van der Waals surface area contributed by atoms with Crippen molar-refractivity contribution in [1.29, 1.82) is 0 Å². The van der Waals surface area contributed by atoms with E-state index in [4.69, 9.17) is 9.47 Å². The highest BCUT2D eigenvalue weighted by molar-refractivity contribution is 7.89. The summed E-state index contributed by atoms with van der Waals surface area (Å²) in [5, 5.41) is 3.28. The van der Waals surface area contributed by atoms with E-state index in [0.29, 0.717) is 37.7 Å². The summed E-state index contributed by atoms with van der Waals surface area (Å²) in [4.78, 5) is 0.241. The van der Waals surface area contributed by atoms with Gasteiger partial charge < -0.3 is 14.8 Å². The van der Waals surface area contributed by atoms with Gasteiger partial charge in [0.1, 0.15) is 11.5 Å². The van der Waals surface area contributed by atoms with Gasteiger partial charge in [-0.3, -0.25) is 0 Å². The van der Waals surface area contributed by atoms with Gasteiger partial charge in [0.25, 0.3) is 0 Å². The van der Waals surface area contributed by atoms with Crippen LogP contribution in [0.4, 0.5) is 0 Å². The first-order chi connectivity index (χ1) is 12.6. The number of hydrogen-bond acceptors (Lipinski definition) is 5. The number of hydrogen-bond donors (Lipinski definition) is 1.